The number of rotatable bonds is 3. The molecule has 16 heavy (non-hydrogen) atoms. The first-order valence-corrected chi connectivity index (χ1v) is 4.76. The van der Waals surface area contributed by atoms with Crippen molar-refractivity contribution in [3.8, 4) is 0 Å². The van der Waals surface area contributed by atoms with Gasteiger partial charge in [0.25, 0.3) is 0 Å². The number of alkyl carbamates (subject to hydrolysis) is 1. The van der Waals surface area contributed by atoms with Gasteiger partial charge in [-0.2, -0.15) is 0 Å². The summed E-state index contributed by atoms with van der Waals surface area (Å²) in [5.74, 6) is -0.457. The molecule has 5 nitrogen and oxygen atoms in total. The van der Waals surface area contributed by atoms with Gasteiger partial charge in [-0.1, -0.05) is 6.08 Å². The van der Waals surface area contributed by atoms with Crippen LogP contribution in [0.25, 0.3) is 0 Å². The van der Waals surface area contributed by atoms with Crippen LogP contribution in [0.3, 0.4) is 0 Å². The first-order chi connectivity index (χ1) is 7.35. The SMILES string of the molecule is COC(=O)/C=C/C=C/NC(=O)OC(C)(C)C. The minimum absolute atomic E-state index is 0.457. The van der Waals surface area contributed by atoms with E-state index in [0.717, 1.165) is 0 Å². The molecule has 0 aromatic rings. The van der Waals surface area contributed by atoms with Crippen LogP contribution >= 0.6 is 0 Å². The predicted octanol–water partition coefficient (Wildman–Crippen LogP) is 1.75. The summed E-state index contributed by atoms with van der Waals surface area (Å²) in [6.07, 6.45) is 4.99. The number of amides is 1. The first kappa shape index (κ1) is 14.2. The Morgan fingerprint density at radius 2 is 1.81 bits per heavy atom. The van der Waals surface area contributed by atoms with Crippen LogP contribution in [0.1, 0.15) is 20.8 Å². The Bertz CT molecular complexity index is 300. The zero-order chi connectivity index (χ0) is 12.6. The summed E-state index contributed by atoms with van der Waals surface area (Å²) >= 11 is 0. The van der Waals surface area contributed by atoms with Crippen LogP contribution in [0, 0.1) is 0 Å². The highest BCUT2D eigenvalue weighted by molar-refractivity contribution is 5.82. The van der Waals surface area contributed by atoms with Crippen molar-refractivity contribution in [2.24, 2.45) is 0 Å². The normalized spacial score (nSPS) is 11.8. The Morgan fingerprint density at radius 1 is 1.19 bits per heavy atom. The molecule has 0 heterocycles. The average Bonchev–Trinajstić information content (AvgIpc) is 2.14. The van der Waals surface area contributed by atoms with Crippen molar-refractivity contribution >= 4 is 12.1 Å². The molecule has 0 bridgehead atoms. The van der Waals surface area contributed by atoms with Crippen molar-refractivity contribution < 1.29 is 19.1 Å². The lowest BCUT2D eigenvalue weighted by Gasteiger charge is -2.18. The summed E-state index contributed by atoms with van der Waals surface area (Å²) in [4.78, 5) is 21.8. The summed E-state index contributed by atoms with van der Waals surface area (Å²) in [5.41, 5.74) is -0.528. The lowest BCUT2D eigenvalue weighted by Crippen LogP contribution is -2.29. The van der Waals surface area contributed by atoms with E-state index in [4.69, 9.17) is 4.74 Å². The molecule has 5 heteroatoms. The average molecular weight is 227 g/mol. The zero-order valence-corrected chi connectivity index (χ0v) is 9.94. The summed E-state index contributed by atoms with van der Waals surface area (Å²) in [6, 6.07) is 0. The fourth-order valence-corrected chi connectivity index (χ4v) is 0.681. The Hall–Kier alpha value is -1.78. The number of carbonyl (C=O) groups excluding carboxylic acids is 2. The molecule has 0 unspecified atom stereocenters. The molecule has 90 valence electrons. The van der Waals surface area contributed by atoms with Gasteiger partial charge in [0.2, 0.25) is 0 Å². The van der Waals surface area contributed by atoms with E-state index in [0.29, 0.717) is 0 Å². The predicted molar refractivity (Wildman–Crippen MR) is 59.7 cm³/mol. The minimum Gasteiger partial charge on any atom is -0.466 e. The molecule has 0 fully saturated rings. The number of ether oxygens (including phenoxy) is 2. The molecule has 0 aliphatic heterocycles. The lowest BCUT2D eigenvalue weighted by atomic mass is 10.2. The Labute approximate surface area is 95.1 Å². The van der Waals surface area contributed by atoms with Crippen molar-refractivity contribution in [2.45, 2.75) is 26.4 Å². The van der Waals surface area contributed by atoms with E-state index in [-0.39, 0.29) is 0 Å². The molecule has 1 amide bonds. The third kappa shape index (κ3) is 8.80. The van der Waals surface area contributed by atoms with E-state index in [2.05, 4.69) is 10.1 Å². The van der Waals surface area contributed by atoms with Crippen LogP contribution in [0.15, 0.2) is 24.4 Å². The highest BCUT2D eigenvalue weighted by Gasteiger charge is 2.14. The van der Waals surface area contributed by atoms with Crippen LogP contribution in [0.4, 0.5) is 4.79 Å². The molecule has 0 aliphatic rings. The molecule has 0 saturated heterocycles. The fraction of sp³-hybridized carbons (Fsp3) is 0.455. The maximum atomic E-state index is 11.1. The molecule has 0 rings (SSSR count). The monoisotopic (exact) mass is 227 g/mol. The van der Waals surface area contributed by atoms with E-state index in [9.17, 15) is 9.59 Å². The standard InChI is InChI=1S/C11H17NO4/c1-11(2,3)16-10(14)12-8-6-5-7-9(13)15-4/h5-8H,1-4H3,(H,12,14)/b7-5+,8-6+. The summed E-state index contributed by atoms with van der Waals surface area (Å²) in [6.45, 7) is 5.31. The van der Waals surface area contributed by atoms with E-state index in [1.165, 1.54) is 31.5 Å². The van der Waals surface area contributed by atoms with E-state index >= 15 is 0 Å². The molecule has 0 saturated carbocycles. The highest BCUT2D eigenvalue weighted by Crippen LogP contribution is 2.06. The Kier molecular flexibility index (Phi) is 5.92. The van der Waals surface area contributed by atoms with Crippen molar-refractivity contribution in [2.75, 3.05) is 7.11 Å². The Balaban J connectivity index is 3.89. The lowest BCUT2D eigenvalue weighted by molar-refractivity contribution is -0.134. The second kappa shape index (κ2) is 6.66. The highest BCUT2D eigenvalue weighted by atomic mass is 16.6. The van der Waals surface area contributed by atoms with Gasteiger partial charge >= 0.3 is 12.1 Å². The van der Waals surface area contributed by atoms with Gasteiger partial charge in [0.15, 0.2) is 0 Å². The second-order valence-corrected chi connectivity index (χ2v) is 3.89. The van der Waals surface area contributed by atoms with E-state index < -0.39 is 17.7 Å². The van der Waals surface area contributed by atoms with Gasteiger partial charge in [0.05, 0.1) is 7.11 Å². The summed E-state index contributed by atoms with van der Waals surface area (Å²) < 4.78 is 9.34. The maximum Gasteiger partial charge on any atom is 0.411 e. The molecule has 0 atom stereocenters. The number of hydrogen-bond donors (Lipinski definition) is 1. The van der Waals surface area contributed by atoms with Crippen molar-refractivity contribution in [3.05, 3.63) is 24.4 Å². The third-order valence-corrected chi connectivity index (χ3v) is 1.24. The molecule has 0 aromatic heterocycles. The summed E-state index contributed by atoms with van der Waals surface area (Å²) in [5, 5.41) is 2.39. The summed E-state index contributed by atoms with van der Waals surface area (Å²) in [7, 11) is 1.29. The topological polar surface area (TPSA) is 64.6 Å². The fourth-order valence-electron chi connectivity index (χ4n) is 0.681. The maximum absolute atomic E-state index is 11.1. The molecular formula is C11H17NO4. The minimum atomic E-state index is -0.546. The van der Waals surface area contributed by atoms with Gasteiger partial charge < -0.3 is 9.47 Å². The number of nitrogens with one attached hydrogen (secondary N) is 1. The van der Waals surface area contributed by atoms with Gasteiger partial charge in [-0.3, -0.25) is 5.32 Å². The molecule has 0 aromatic carbocycles. The number of esters is 1. The van der Waals surface area contributed by atoms with Gasteiger partial charge in [-0.25, -0.2) is 9.59 Å². The van der Waals surface area contributed by atoms with E-state index in [1.807, 2.05) is 0 Å². The van der Waals surface area contributed by atoms with Crippen molar-refractivity contribution in [1.82, 2.24) is 5.32 Å². The molecule has 0 aliphatic carbocycles. The number of methoxy groups -OCH3 is 1. The van der Waals surface area contributed by atoms with Crippen LogP contribution < -0.4 is 5.32 Å². The van der Waals surface area contributed by atoms with E-state index in [1.54, 1.807) is 20.8 Å². The van der Waals surface area contributed by atoms with Crippen LogP contribution in [0.5, 0.6) is 0 Å². The molecule has 0 radical (unpaired) electrons. The van der Waals surface area contributed by atoms with Crippen molar-refractivity contribution in [3.63, 3.8) is 0 Å². The van der Waals surface area contributed by atoms with Gasteiger partial charge in [-0.15, -0.1) is 0 Å². The molecular weight excluding hydrogens is 210 g/mol. The van der Waals surface area contributed by atoms with Crippen LogP contribution in [-0.2, 0) is 14.3 Å². The number of allylic oxidation sites excluding steroid dienone is 2. The quantitative estimate of drug-likeness (QED) is 0.453. The number of hydrogen-bond acceptors (Lipinski definition) is 4. The second-order valence-electron chi connectivity index (χ2n) is 3.89. The zero-order valence-electron chi connectivity index (χ0n) is 9.94. The first-order valence-electron chi connectivity index (χ1n) is 4.76. The smallest absolute Gasteiger partial charge is 0.411 e. The van der Waals surface area contributed by atoms with Gasteiger partial charge in [-0.05, 0) is 26.8 Å². The van der Waals surface area contributed by atoms with Crippen LogP contribution in [0.2, 0.25) is 0 Å². The largest absolute Gasteiger partial charge is 0.466 e. The third-order valence-electron chi connectivity index (χ3n) is 1.24. The van der Waals surface area contributed by atoms with Gasteiger partial charge in [0, 0.05) is 12.3 Å². The number of carbonyl (C=O) groups is 2. The van der Waals surface area contributed by atoms with Crippen molar-refractivity contribution in [1.29, 1.82) is 0 Å². The van der Waals surface area contributed by atoms with Gasteiger partial charge in [0.1, 0.15) is 5.60 Å². The molecule has 1 N–H and O–H groups in total. The molecule has 0 spiro atoms. The van der Waals surface area contributed by atoms with Crippen LogP contribution in [-0.4, -0.2) is 24.8 Å². The Morgan fingerprint density at radius 3 is 2.31 bits per heavy atom.